The van der Waals surface area contributed by atoms with Gasteiger partial charge in [0.25, 0.3) is 0 Å². The van der Waals surface area contributed by atoms with Crippen LogP contribution in [0.4, 0.5) is 0 Å². The third kappa shape index (κ3) is 9.31. The molecule has 17 atom stereocenters. The normalized spacial score (nSPS) is 46.7. The first kappa shape index (κ1) is 39.9. The van der Waals surface area contributed by atoms with E-state index in [1.807, 2.05) is 0 Å². The summed E-state index contributed by atoms with van der Waals surface area (Å²) in [5, 5.41) is 21.2. The highest BCUT2D eigenvalue weighted by Gasteiger charge is 2.50. The zero-order chi connectivity index (χ0) is 37.2. The van der Waals surface area contributed by atoms with Gasteiger partial charge in [-0.15, -0.1) is 0 Å². The fraction of sp³-hybridized carbons (Fsp3) is 0.878. The maximum atomic E-state index is 14.0. The van der Waals surface area contributed by atoms with Crippen molar-refractivity contribution in [1.29, 1.82) is 0 Å². The van der Waals surface area contributed by atoms with Gasteiger partial charge >= 0.3 is 0 Å². The number of fused-ring (bicyclic) bond motifs is 6. The van der Waals surface area contributed by atoms with Crippen molar-refractivity contribution in [3.8, 4) is 0 Å². The van der Waals surface area contributed by atoms with E-state index in [-0.39, 0.29) is 110 Å². The zero-order valence-electron chi connectivity index (χ0n) is 31.9. The highest BCUT2D eigenvalue weighted by Crippen LogP contribution is 2.43. The molecule has 7 saturated heterocycles. The van der Waals surface area contributed by atoms with E-state index in [4.69, 9.17) is 43.6 Å². The van der Waals surface area contributed by atoms with Crippen molar-refractivity contribution in [1.82, 2.24) is 0 Å². The molecule has 12 nitrogen and oxygen atoms in total. The van der Waals surface area contributed by atoms with Crippen LogP contribution in [0.3, 0.4) is 0 Å². The van der Waals surface area contributed by atoms with Crippen LogP contribution in [-0.2, 0) is 42.7 Å². The summed E-state index contributed by atoms with van der Waals surface area (Å²) in [7, 11) is 1.65. The number of carbonyl (C=O) groups is 1. The molecule has 0 aliphatic carbocycles. The second-order valence-corrected chi connectivity index (χ2v) is 17.0. The fourth-order valence-electron chi connectivity index (χ4n) is 10.3. The first-order valence-electron chi connectivity index (χ1n) is 20.6. The zero-order valence-corrected chi connectivity index (χ0v) is 31.9. The van der Waals surface area contributed by atoms with Gasteiger partial charge in [0, 0.05) is 64.9 Å². The molecule has 7 heterocycles. The van der Waals surface area contributed by atoms with Crippen LogP contribution in [-0.4, -0.2) is 134 Å². The summed E-state index contributed by atoms with van der Waals surface area (Å²) in [6, 6.07) is 0. The molecule has 12 heteroatoms. The maximum Gasteiger partial charge on any atom is 0.135 e. The van der Waals surface area contributed by atoms with Gasteiger partial charge in [-0.25, -0.2) is 0 Å². The maximum absolute atomic E-state index is 14.0. The lowest BCUT2D eigenvalue weighted by Crippen LogP contribution is -2.57. The topological polar surface area (TPSA) is 157 Å². The average molecular weight is 748 g/mol. The van der Waals surface area contributed by atoms with Crippen LogP contribution in [0.1, 0.15) is 96.8 Å². The van der Waals surface area contributed by atoms with E-state index in [9.17, 15) is 15.0 Å². The highest BCUT2D eigenvalue weighted by molar-refractivity contribution is 5.79. The second-order valence-electron chi connectivity index (χ2n) is 17.0. The Morgan fingerprint density at radius 1 is 0.792 bits per heavy atom. The Labute approximate surface area is 315 Å². The number of aliphatic hydroxyl groups excluding tert-OH is 2. The van der Waals surface area contributed by atoms with Crippen LogP contribution in [0.15, 0.2) is 24.3 Å². The van der Waals surface area contributed by atoms with Gasteiger partial charge in [-0.2, -0.15) is 0 Å². The van der Waals surface area contributed by atoms with E-state index in [2.05, 4.69) is 20.1 Å². The SMILES string of the molecule is C=C1CC2CCCO[C@@H]3C[C@H]([C@H]4OCC[C@H]4O)O[C@H]4CC[C@H](CC(=O)C[C@H]5C(CC6O[C@@H](CCC1O2)C[C@@H](C)C6=C)OC(C[C@H](O)CN)[C@@H]5OC)O[C@@H]43. The Bertz CT molecular complexity index is 1270. The lowest BCUT2D eigenvalue weighted by atomic mass is 9.81. The van der Waals surface area contributed by atoms with Crippen LogP contribution in [0.5, 0.6) is 0 Å². The third-order valence-corrected chi connectivity index (χ3v) is 13.2. The fourth-order valence-corrected chi connectivity index (χ4v) is 10.3. The molecular weight excluding hydrogens is 682 g/mol. The average Bonchev–Trinajstić information content (AvgIpc) is 3.82. The largest absolute Gasteiger partial charge is 0.392 e. The quantitative estimate of drug-likeness (QED) is 0.351. The van der Waals surface area contributed by atoms with Crippen molar-refractivity contribution in [2.24, 2.45) is 17.6 Å². The summed E-state index contributed by atoms with van der Waals surface area (Å²) < 4.78 is 51.8. The molecule has 0 spiro atoms. The number of hydrogen-bond acceptors (Lipinski definition) is 12. The molecule has 0 aromatic rings. The van der Waals surface area contributed by atoms with Crippen molar-refractivity contribution >= 4 is 5.78 Å². The summed E-state index contributed by atoms with van der Waals surface area (Å²) in [6.45, 7) is 12.3. The number of nitrogens with two attached hydrogens (primary N) is 1. The number of aliphatic hydroxyl groups is 2. The van der Waals surface area contributed by atoms with Crippen LogP contribution in [0, 0.1) is 11.8 Å². The van der Waals surface area contributed by atoms with Gasteiger partial charge in [0.15, 0.2) is 0 Å². The van der Waals surface area contributed by atoms with E-state index in [0.717, 1.165) is 56.1 Å². The molecule has 7 fully saturated rings. The minimum absolute atomic E-state index is 0.00873. The summed E-state index contributed by atoms with van der Waals surface area (Å²) in [6.07, 6.45) is 5.06. The minimum Gasteiger partial charge on any atom is -0.392 e. The lowest BCUT2D eigenvalue weighted by molar-refractivity contribution is -0.254. The standard InChI is InChI=1S/C41H65NO11/c1-22-14-28-7-9-32-23(2)15-27(49-32)6-5-12-47-36-20-38(40-31(45)11-13-48-40)52-33-10-8-29(51-41(33)36)16-25(43)17-30-35(19-34(50-28)24(22)3)53-37(39(30)46-4)18-26(44)21-42/h22,26-41,44-45H,2-3,5-21,42H2,1,4H3/t22-,26+,27?,28+,29-,30+,31-,32?,33+,34?,35?,36-,37?,38-,39-,40+,41+/m1/s1. The molecule has 4 N–H and O–H groups in total. The van der Waals surface area contributed by atoms with Crippen molar-refractivity contribution < 1.29 is 52.9 Å². The van der Waals surface area contributed by atoms with E-state index in [1.165, 1.54) is 0 Å². The summed E-state index contributed by atoms with van der Waals surface area (Å²) >= 11 is 0. The van der Waals surface area contributed by atoms with Crippen molar-refractivity contribution in [3.05, 3.63) is 24.3 Å². The Balaban J connectivity index is 1.11. The van der Waals surface area contributed by atoms with Gasteiger partial charge in [0.05, 0.1) is 79.4 Å². The van der Waals surface area contributed by atoms with Gasteiger partial charge in [0.1, 0.15) is 18.0 Å². The van der Waals surface area contributed by atoms with Crippen LogP contribution in [0.2, 0.25) is 0 Å². The molecule has 6 bridgehead atoms. The molecule has 0 saturated carbocycles. The molecule has 53 heavy (non-hydrogen) atoms. The number of methoxy groups -OCH3 is 1. The molecule has 0 aromatic heterocycles. The van der Waals surface area contributed by atoms with Crippen molar-refractivity contribution in [2.45, 2.75) is 188 Å². The number of Topliss-reactive ketones (excluding diaryl/α,β-unsaturated/α-hetero) is 1. The molecule has 7 aliphatic heterocycles. The summed E-state index contributed by atoms with van der Waals surface area (Å²) in [5.74, 6) is 0.143. The monoisotopic (exact) mass is 747 g/mol. The molecule has 5 unspecified atom stereocenters. The Hall–Kier alpha value is -1.29. The van der Waals surface area contributed by atoms with E-state index < -0.39 is 18.3 Å². The van der Waals surface area contributed by atoms with Gasteiger partial charge < -0.3 is 53.8 Å². The smallest absolute Gasteiger partial charge is 0.135 e. The minimum atomic E-state index is -0.735. The summed E-state index contributed by atoms with van der Waals surface area (Å²) in [5.41, 5.74) is 8.01. The van der Waals surface area contributed by atoms with E-state index >= 15 is 0 Å². The molecule has 7 aliphatic rings. The van der Waals surface area contributed by atoms with Gasteiger partial charge in [0.2, 0.25) is 0 Å². The lowest BCUT2D eigenvalue weighted by Gasteiger charge is -2.47. The Morgan fingerprint density at radius 2 is 1.58 bits per heavy atom. The number of hydrogen-bond donors (Lipinski definition) is 3. The number of rotatable bonds is 5. The van der Waals surface area contributed by atoms with Gasteiger partial charge in [-0.05, 0) is 74.9 Å². The molecule has 0 aromatic carbocycles. The molecule has 7 rings (SSSR count). The third-order valence-electron chi connectivity index (χ3n) is 13.2. The predicted molar refractivity (Wildman–Crippen MR) is 195 cm³/mol. The predicted octanol–water partition coefficient (Wildman–Crippen LogP) is 3.71. The number of carbonyl (C=O) groups excluding carboxylic acids is 1. The van der Waals surface area contributed by atoms with Crippen LogP contribution in [0.25, 0.3) is 0 Å². The van der Waals surface area contributed by atoms with Crippen LogP contribution < -0.4 is 5.73 Å². The Kier molecular flexibility index (Phi) is 13.5. The molecule has 0 amide bonds. The summed E-state index contributed by atoms with van der Waals surface area (Å²) in [4.78, 5) is 14.0. The number of ketones is 1. The van der Waals surface area contributed by atoms with Gasteiger partial charge in [-0.1, -0.05) is 20.1 Å². The highest BCUT2D eigenvalue weighted by atomic mass is 16.6. The van der Waals surface area contributed by atoms with Gasteiger partial charge in [-0.3, -0.25) is 4.79 Å². The first-order chi connectivity index (χ1) is 25.6. The van der Waals surface area contributed by atoms with Crippen molar-refractivity contribution in [2.75, 3.05) is 26.9 Å². The molecular formula is C41H65NO11. The van der Waals surface area contributed by atoms with Crippen molar-refractivity contribution in [3.63, 3.8) is 0 Å². The number of ether oxygens (including phenoxy) is 8. The second kappa shape index (κ2) is 17.9. The first-order valence-corrected chi connectivity index (χ1v) is 20.6. The van der Waals surface area contributed by atoms with E-state index in [0.29, 0.717) is 45.3 Å². The molecule has 0 radical (unpaired) electrons. The molecule has 300 valence electrons. The van der Waals surface area contributed by atoms with Crippen LogP contribution >= 0.6 is 0 Å². The van der Waals surface area contributed by atoms with E-state index in [1.54, 1.807) is 7.11 Å². The Morgan fingerprint density at radius 3 is 2.36 bits per heavy atom.